The highest BCUT2D eigenvalue weighted by atomic mass is 16.5. The molecule has 12 rings (SSSR count). The molecule has 73 heavy (non-hydrogen) atoms. The van der Waals surface area contributed by atoms with Crippen molar-refractivity contribution in [1.82, 2.24) is 34.6 Å². The van der Waals surface area contributed by atoms with Gasteiger partial charge in [0.15, 0.2) is 5.82 Å². The summed E-state index contributed by atoms with van der Waals surface area (Å²) in [5.74, 6) is 1.68. The average molecular weight is 992 g/mol. The van der Waals surface area contributed by atoms with Crippen molar-refractivity contribution >= 4 is 52.1 Å². The number of aromatic nitrogens is 3. The van der Waals surface area contributed by atoms with Gasteiger partial charge in [0, 0.05) is 79.9 Å². The Morgan fingerprint density at radius 3 is 2.12 bits per heavy atom. The van der Waals surface area contributed by atoms with Crippen LogP contribution in [0.3, 0.4) is 0 Å². The number of imide groups is 1. The molecule has 1 atom stereocenters. The number of rotatable bonds is 12. The van der Waals surface area contributed by atoms with Crippen LogP contribution >= 0.6 is 0 Å². The zero-order chi connectivity index (χ0) is 50.0. The maximum Gasteiger partial charge on any atom is 0.238 e. The number of fused-ring (bicyclic) bond motifs is 3. The normalized spacial score (nSPS) is 26.8. The van der Waals surface area contributed by atoms with Crippen LogP contribution < -0.4 is 20.3 Å². The van der Waals surface area contributed by atoms with Gasteiger partial charge >= 0.3 is 0 Å². The van der Waals surface area contributed by atoms with Gasteiger partial charge in [0.25, 0.3) is 0 Å². The summed E-state index contributed by atoms with van der Waals surface area (Å²) in [6, 6.07) is 17.7. The summed E-state index contributed by atoms with van der Waals surface area (Å²) in [4.78, 5) is 86.2. The third kappa shape index (κ3) is 9.30. The highest BCUT2D eigenvalue weighted by Crippen LogP contribution is 2.52. The van der Waals surface area contributed by atoms with E-state index < -0.39 is 5.41 Å². The summed E-state index contributed by atoms with van der Waals surface area (Å²) < 4.78 is 8.35. The second-order valence-electron chi connectivity index (χ2n) is 23.3. The summed E-state index contributed by atoms with van der Waals surface area (Å²) in [6.45, 7) is 9.77. The number of hydrogen-bond donors (Lipinski definition) is 2. The number of amides is 5. The SMILES string of the molecule is CC(C)n1cnc2cc(-c3ccc4c(c3)N(C3CC(N5CCCCC5)C3)C(=O)C43CCN(C(=O)C4CCC(C(=O)N5CCC(COc6ccc(C7CCC(=O)NC7=O)cc6)CC5)CC4)CC3)nc(NC3CC3)c21. The van der Waals surface area contributed by atoms with Crippen LogP contribution in [0, 0.1) is 17.8 Å². The molecule has 5 aliphatic heterocycles. The van der Waals surface area contributed by atoms with Crippen LogP contribution in [0.15, 0.2) is 54.9 Å². The van der Waals surface area contributed by atoms with E-state index in [1.807, 2.05) is 40.4 Å². The second-order valence-corrected chi connectivity index (χ2v) is 23.3. The summed E-state index contributed by atoms with van der Waals surface area (Å²) in [7, 11) is 0. The molecule has 7 heterocycles. The molecule has 2 aromatic carbocycles. The van der Waals surface area contributed by atoms with Gasteiger partial charge in [-0.15, -0.1) is 0 Å². The minimum absolute atomic E-state index is 0.0515. The lowest BCUT2D eigenvalue weighted by atomic mass is 9.72. The minimum Gasteiger partial charge on any atom is -0.493 e. The third-order valence-electron chi connectivity index (χ3n) is 18.4. The molecule has 4 aromatic rings. The second kappa shape index (κ2) is 19.8. The molecule has 3 saturated carbocycles. The highest BCUT2D eigenvalue weighted by Gasteiger charge is 2.56. The third-order valence-corrected chi connectivity index (χ3v) is 18.4. The summed E-state index contributed by atoms with van der Waals surface area (Å²) in [5.41, 5.74) is 6.15. The first kappa shape index (κ1) is 48.1. The number of pyridine rings is 1. The Labute approximate surface area is 429 Å². The van der Waals surface area contributed by atoms with Crippen LogP contribution in [0.5, 0.6) is 5.75 Å². The molecular formula is C58H73N9O6. The first-order chi connectivity index (χ1) is 35.5. The zero-order valence-corrected chi connectivity index (χ0v) is 42.9. The molecule has 1 spiro atoms. The minimum atomic E-state index is -0.665. The molecule has 8 aliphatic rings. The number of likely N-dealkylation sites (tertiary alicyclic amines) is 3. The Morgan fingerprint density at radius 1 is 0.781 bits per heavy atom. The van der Waals surface area contributed by atoms with E-state index in [0.717, 1.165) is 128 Å². The number of anilines is 2. The van der Waals surface area contributed by atoms with Crippen molar-refractivity contribution in [2.75, 3.05) is 56.1 Å². The number of piperidine rings is 4. The Balaban J connectivity index is 0.668. The van der Waals surface area contributed by atoms with E-state index in [0.29, 0.717) is 76.5 Å². The summed E-state index contributed by atoms with van der Waals surface area (Å²) in [5, 5.41) is 6.14. The van der Waals surface area contributed by atoms with E-state index in [4.69, 9.17) is 14.7 Å². The van der Waals surface area contributed by atoms with Gasteiger partial charge in [-0.3, -0.25) is 29.3 Å². The molecule has 4 saturated heterocycles. The number of imidazole rings is 1. The van der Waals surface area contributed by atoms with Crippen molar-refractivity contribution in [3.8, 4) is 17.0 Å². The fourth-order valence-electron chi connectivity index (χ4n) is 13.6. The summed E-state index contributed by atoms with van der Waals surface area (Å²) >= 11 is 0. The zero-order valence-electron chi connectivity index (χ0n) is 42.9. The van der Waals surface area contributed by atoms with Gasteiger partial charge in [-0.2, -0.15) is 0 Å². The molecule has 0 radical (unpaired) electrons. The fourth-order valence-corrected chi connectivity index (χ4v) is 13.6. The lowest BCUT2D eigenvalue weighted by molar-refractivity contribution is -0.143. The van der Waals surface area contributed by atoms with Gasteiger partial charge in [-0.25, -0.2) is 9.97 Å². The predicted octanol–water partition coefficient (Wildman–Crippen LogP) is 8.12. The molecule has 1 unspecified atom stereocenters. The van der Waals surface area contributed by atoms with E-state index in [-0.39, 0.29) is 59.4 Å². The molecule has 2 aromatic heterocycles. The van der Waals surface area contributed by atoms with Crippen LogP contribution in [-0.4, -0.2) is 123 Å². The van der Waals surface area contributed by atoms with Crippen molar-refractivity contribution in [2.24, 2.45) is 17.8 Å². The first-order valence-corrected chi connectivity index (χ1v) is 28.0. The van der Waals surface area contributed by atoms with Gasteiger partial charge in [-0.1, -0.05) is 30.7 Å². The molecule has 5 amide bonds. The van der Waals surface area contributed by atoms with Gasteiger partial charge in [-0.05, 0) is 165 Å². The number of carbonyl (C=O) groups is 5. The lowest BCUT2D eigenvalue weighted by Crippen LogP contribution is -2.58. The Kier molecular flexibility index (Phi) is 13.0. The molecule has 7 fully saturated rings. The number of hydrogen-bond acceptors (Lipinski definition) is 10. The number of carbonyl (C=O) groups excluding carboxylic acids is 5. The molecular weight excluding hydrogens is 919 g/mol. The Morgan fingerprint density at radius 2 is 1.47 bits per heavy atom. The molecule has 15 nitrogen and oxygen atoms in total. The Hall–Kier alpha value is -5.83. The maximum atomic E-state index is 15.2. The Bertz CT molecular complexity index is 2750. The van der Waals surface area contributed by atoms with Crippen LogP contribution in [0.4, 0.5) is 11.5 Å². The first-order valence-electron chi connectivity index (χ1n) is 28.0. The van der Waals surface area contributed by atoms with Gasteiger partial charge in [0.2, 0.25) is 29.5 Å². The molecule has 386 valence electrons. The average Bonchev–Trinajstić information content (AvgIpc) is 4.06. The summed E-state index contributed by atoms with van der Waals surface area (Å²) in [6.07, 6.45) is 16.8. The molecule has 0 bridgehead atoms. The lowest BCUT2D eigenvalue weighted by Gasteiger charge is -2.48. The number of nitrogens with one attached hydrogen (secondary N) is 2. The van der Waals surface area contributed by atoms with Gasteiger partial charge < -0.3 is 34.2 Å². The van der Waals surface area contributed by atoms with E-state index in [1.165, 1.54) is 19.3 Å². The number of nitrogens with zero attached hydrogens (tertiary/aromatic N) is 7. The monoisotopic (exact) mass is 992 g/mol. The van der Waals surface area contributed by atoms with E-state index in [2.05, 4.69) is 63.1 Å². The fraction of sp³-hybridized carbons (Fsp3) is 0.603. The van der Waals surface area contributed by atoms with Crippen molar-refractivity contribution in [2.45, 2.75) is 159 Å². The van der Waals surface area contributed by atoms with Gasteiger partial charge in [0.1, 0.15) is 11.3 Å². The predicted molar refractivity (Wildman–Crippen MR) is 279 cm³/mol. The topological polar surface area (TPSA) is 162 Å². The van der Waals surface area contributed by atoms with Gasteiger partial charge in [0.05, 0.1) is 35.5 Å². The van der Waals surface area contributed by atoms with Crippen molar-refractivity contribution in [3.63, 3.8) is 0 Å². The number of benzene rings is 2. The molecule has 15 heteroatoms. The van der Waals surface area contributed by atoms with E-state index in [9.17, 15) is 19.2 Å². The molecule has 3 aliphatic carbocycles. The van der Waals surface area contributed by atoms with Crippen LogP contribution in [0.1, 0.15) is 146 Å². The van der Waals surface area contributed by atoms with Crippen molar-refractivity contribution in [1.29, 1.82) is 0 Å². The van der Waals surface area contributed by atoms with Crippen molar-refractivity contribution < 1.29 is 28.7 Å². The van der Waals surface area contributed by atoms with Crippen LogP contribution in [-0.2, 0) is 29.4 Å². The molecule has 2 N–H and O–H groups in total. The van der Waals surface area contributed by atoms with Crippen LogP contribution in [0.25, 0.3) is 22.3 Å². The van der Waals surface area contributed by atoms with Crippen molar-refractivity contribution in [3.05, 3.63) is 66.0 Å². The number of ether oxygens (including phenoxy) is 1. The smallest absolute Gasteiger partial charge is 0.238 e. The largest absolute Gasteiger partial charge is 0.493 e. The van der Waals surface area contributed by atoms with Crippen LogP contribution in [0.2, 0.25) is 0 Å². The highest BCUT2D eigenvalue weighted by molar-refractivity contribution is 6.09. The maximum absolute atomic E-state index is 15.2. The van der Waals surface area contributed by atoms with E-state index in [1.54, 1.807) is 0 Å². The quantitative estimate of drug-likeness (QED) is 0.133. The van der Waals surface area contributed by atoms with E-state index >= 15 is 4.79 Å². The standard InChI is InChI=1S/C58H73N9O6/c1-36(2)66-35-59-49-33-48(61-53(52(49)66)60-42-13-14-42)41-12-18-47-50(30-41)67(44-31-43(32-44)63-24-4-3-5-25-63)57(72)58(47)22-28-65(29-23-58)56(71)40-8-6-39(7-9-40)55(70)64-26-20-37(21-27-64)34-73-45-15-10-38(11-16-45)46-17-19-51(68)62-54(46)69/h10-12,15-16,18,30,33,35-37,39-40,42-44,46H,3-9,13-14,17,19-29,31-32,34H2,1-2H3,(H,60,61)(H,62,68,69).